The Labute approximate surface area is 149 Å². The molecule has 0 spiro atoms. The molecule has 0 saturated carbocycles. The summed E-state index contributed by atoms with van der Waals surface area (Å²) in [4.78, 5) is 23.6. The molecule has 3 rings (SSSR count). The molecule has 0 N–H and O–H groups in total. The third-order valence-corrected chi connectivity index (χ3v) is 3.84. The summed E-state index contributed by atoms with van der Waals surface area (Å²) in [7, 11) is 0. The molecule has 1 aromatic carbocycles. The minimum Gasteiger partial charge on any atom is -0.463 e. The second-order valence-corrected chi connectivity index (χ2v) is 5.88. The zero-order valence-corrected chi connectivity index (χ0v) is 14.4. The van der Waals surface area contributed by atoms with Gasteiger partial charge in [-0.05, 0) is 44.2 Å². The van der Waals surface area contributed by atoms with Crippen LogP contribution < -0.4 is 0 Å². The molecule has 6 nitrogen and oxygen atoms in total. The molecule has 0 aliphatic rings. The number of furan rings is 1. The molecule has 0 unspecified atom stereocenters. The van der Waals surface area contributed by atoms with Gasteiger partial charge in [-0.3, -0.25) is 4.79 Å². The van der Waals surface area contributed by atoms with Gasteiger partial charge in [-0.15, -0.1) is 0 Å². The minimum atomic E-state index is -0.837. The summed E-state index contributed by atoms with van der Waals surface area (Å²) < 4.78 is 12.1. The summed E-state index contributed by atoms with van der Waals surface area (Å²) in [6, 6.07) is 12.1. The number of hydrogen-bond donors (Lipinski definition) is 0. The van der Waals surface area contributed by atoms with Gasteiger partial charge in [-0.1, -0.05) is 17.7 Å². The maximum atomic E-state index is 12.3. The van der Waals surface area contributed by atoms with Crippen molar-refractivity contribution in [1.82, 2.24) is 9.78 Å². The fourth-order valence-corrected chi connectivity index (χ4v) is 2.37. The first kappa shape index (κ1) is 17.0. The lowest BCUT2D eigenvalue weighted by atomic mass is 10.2. The van der Waals surface area contributed by atoms with E-state index in [-0.39, 0.29) is 11.5 Å². The number of hydrogen-bond acceptors (Lipinski definition) is 5. The van der Waals surface area contributed by atoms with Crippen LogP contribution in [0, 0.1) is 0 Å². The highest BCUT2D eigenvalue weighted by Crippen LogP contribution is 2.26. The third kappa shape index (κ3) is 3.64. The van der Waals surface area contributed by atoms with Crippen LogP contribution in [-0.2, 0) is 9.53 Å². The molecule has 1 atom stereocenters. The number of nitrogens with zero attached hydrogens (tertiary/aromatic N) is 2. The van der Waals surface area contributed by atoms with Gasteiger partial charge in [0.25, 0.3) is 0 Å². The molecule has 128 valence electrons. The Morgan fingerprint density at radius 2 is 2.04 bits per heavy atom. The Kier molecular flexibility index (Phi) is 4.72. The summed E-state index contributed by atoms with van der Waals surface area (Å²) in [6.07, 6.45) is 0.691. The Hall–Kier alpha value is -2.86. The van der Waals surface area contributed by atoms with E-state index in [0.717, 1.165) is 0 Å². The lowest BCUT2D eigenvalue weighted by Crippen LogP contribution is -2.22. The average molecular weight is 359 g/mol. The second-order valence-electron chi connectivity index (χ2n) is 5.44. The fourth-order valence-electron chi connectivity index (χ4n) is 2.19. The number of esters is 1. The van der Waals surface area contributed by atoms with Crippen molar-refractivity contribution in [3.8, 4) is 17.1 Å². The average Bonchev–Trinajstić information content (AvgIpc) is 3.24. The van der Waals surface area contributed by atoms with Crippen molar-refractivity contribution >= 4 is 23.4 Å². The molecule has 0 aliphatic heterocycles. The second kappa shape index (κ2) is 6.94. The molecule has 0 amide bonds. The molecule has 3 aromatic rings. The first-order valence-corrected chi connectivity index (χ1v) is 7.95. The Morgan fingerprint density at radius 1 is 1.24 bits per heavy atom. The normalized spacial score (nSPS) is 12.0. The van der Waals surface area contributed by atoms with Crippen LogP contribution >= 0.6 is 11.6 Å². The largest absolute Gasteiger partial charge is 0.463 e. The van der Waals surface area contributed by atoms with Gasteiger partial charge in [0.1, 0.15) is 5.69 Å². The van der Waals surface area contributed by atoms with Crippen molar-refractivity contribution in [2.75, 3.05) is 0 Å². The lowest BCUT2D eigenvalue weighted by molar-refractivity contribution is -0.124. The van der Waals surface area contributed by atoms with Crippen molar-refractivity contribution in [2.45, 2.75) is 20.0 Å². The van der Waals surface area contributed by atoms with Crippen LogP contribution in [0.5, 0.6) is 0 Å². The predicted octanol–water partition coefficient (Wildman–Crippen LogP) is 3.92. The van der Waals surface area contributed by atoms with E-state index in [1.165, 1.54) is 20.1 Å². The van der Waals surface area contributed by atoms with E-state index < -0.39 is 12.1 Å². The van der Waals surface area contributed by atoms with Gasteiger partial charge in [0, 0.05) is 11.1 Å². The Bertz CT molecular complexity index is 915. The van der Waals surface area contributed by atoms with Crippen molar-refractivity contribution < 1.29 is 18.7 Å². The van der Waals surface area contributed by atoms with Crippen molar-refractivity contribution in [1.29, 1.82) is 0 Å². The molecule has 0 radical (unpaired) electrons. The number of benzene rings is 1. The van der Waals surface area contributed by atoms with Gasteiger partial charge in [-0.2, -0.15) is 5.10 Å². The van der Waals surface area contributed by atoms with Gasteiger partial charge in [0.15, 0.2) is 23.3 Å². The van der Waals surface area contributed by atoms with Crippen LogP contribution in [0.4, 0.5) is 0 Å². The van der Waals surface area contributed by atoms with E-state index in [1.54, 1.807) is 47.1 Å². The number of carbonyl (C=O) groups excluding carboxylic acids is 2. The van der Waals surface area contributed by atoms with Crippen molar-refractivity contribution in [3.63, 3.8) is 0 Å². The highest BCUT2D eigenvalue weighted by atomic mass is 35.5. The van der Waals surface area contributed by atoms with Crippen molar-refractivity contribution in [3.05, 3.63) is 59.4 Å². The molecular formula is C18H15ClN2O4. The molecule has 7 heteroatoms. The van der Waals surface area contributed by atoms with Crippen molar-refractivity contribution in [2.24, 2.45) is 0 Å². The number of ether oxygens (including phenoxy) is 1. The quantitative estimate of drug-likeness (QED) is 0.646. The van der Waals surface area contributed by atoms with Gasteiger partial charge >= 0.3 is 5.97 Å². The zero-order chi connectivity index (χ0) is 18.0. The maximum absolute atomic E-state index is 12.3. The number of rotatable bonds is 5. The van der Waals surface area contributed by atoms with Gasteiger partial charge in [0.05, 0.1) is 12.0 Å². The zero-order valence-electron chi connectivity index (χ0n) is 13.6. The highest BCUT2D eigenvalue weighted by Gasteiger charge is 2.22. The van der Waals surface area contributed by atoms with E-state index in [2.05, 4.69) is 5.10 Å². The number of aromatic nitrogens is 2. The van der Waals surface area contributed by atoms with E-state index in [9.17, 15) is 9.59 Å². The standard InChI is InChI=1S/C18H15ClN2O4/c1-11(22)12(2)25-18(23)15-10-16(17-7-4-8-24-17)21(20-15)14-6-3-5-13(19)9-14/h3-10,12H,1-2H3/t12-/m1/s1. The predicted molar refractivity (Wildman–Crippen MR) is 91.8 cm³/mol. The summed E-state index contributed by atoms with van der Waals surface area (Å²) in [5.74, 6) is -0.392. The van der Waals surface area contributed by atoms with Gasteiger partial charge in [-0.25, -0.2) is 9.48 Å². The van der Waals surface area contributed by atoms with E-state index in [4.69, 9.17) is 20.8 Å². The summed E-state index contributed by atoms with van der Waals surface area (Å²) in [5.41, 5.74) is 1.30. The van der Waals surface area contributed by atoms with Crippen LogP contribution in [0.2, 0.25) is 5.02 Å². The highest BCUT2D eigenvalue weighted by molar-refractivity contribution is 6.30. The minimum absolute atomic E-state index is 0.0690. The fraction of sp³-hybridized carbons (Fsp3) is 0.167. The number of carbonyl (C=O) groups is 2. The van der Waals surface area contributed by atoms with E-state index in [0.29, 0.717) is 22.2 Å². The molecular weight excluding hydrogens is 344 g/mol. The third-order valence-electron chi connectivity index (χ3n) is 3.60. The molecule has 0 bridgehead atoms. The van der Waals surface area contributed by atoms with E-state index in [1.807, 2.05) is 0 Å². The molecule has 0 saturated heterocycles. The smallest absolute Gasteiger partial charge is 0.359 e. The Balaban J connectivity index is 2.04. The number of halogens is 1. The molecule has 0 aliphatic carbocycles. The SMILES string of the molecule is CC(=O)[C@@H](C)OC(=O)c1cc(-c2ccco2)n(-c2cccc(Cl)c2)n1. The van der Waals surface area contributed by atoms with Gasteiger partial charge < -0.3 is 9.15 Å². The molecule has 25 heavy (non-hydrogen) atoms. The topological polar surface area (TPSA) is 74.3 Å². The summed E-state index contributed by atoms with van der Waals surface area (Å²) >= 11 is 6.05. The molecule has 2 heterocycles. The molecule has 0 fully saturated rings. The Morgan fingerprint density at radius 3 is 2.68 bits per heavy atom. The summed E-state index contributed by atoms with van der Waals surface area (Å²) in [6.45, 7) is 2.87. The lowest BCUT2D eigenvalue weighted by Gasteiger charge is -2.08. The van der Waals surface area contributed by atoms with E-state index >= 15 is 0 Å². The van der Waals surface area contributed by atoms with Crippen LogP contribution in [-0.4, -0.2) is 27.6 Å². The van der Waals surface area contributed by atoms with Crippen LogP contribution in [0.25, 0.3) is 17.1 Å². The number of ketones is 1. The monoisotopic (exact) mass is 358 g/mol. The molecule has 2 aromatic heterocycles. The van der Waals surface area contributed by atoms with Crippen LogP contribution in [0.15, 0.2) is 53.1 Å². The van der Waals surface area contributed by atoms with Crippen LogP contribution in [0.1, 0.15) is 24.3 Å². The first-order valence-electron chi connectivity index (χ1n) is 7.57. The number of Topliss-reactive ketones (excluding diaryl/α,β-unsaturated/α-hetero) is 1. The first-order chi connectivity index (χ1) is 12.0. The maximum Gasteiger partial charge on any atom is 0.359 e. The summed E-state index contributed by atoms with van der Waals surface area (Å²) in [5, 5.41) is 4.84. The van der Waals surface area contributed by atoms with Crippen LogP contribution in [0.3, 0.4) is 0 Å². The van der Waals surface area contributed by atoms with Gasteiger partial charge in [0.2, 0.25) is 0 Å².